The highest BCUT2D eigenvalue weighted by molar-refractivity contribution is 5.94. The van der Waals surface area contributed by atoms with Gasteiger partial charge in [-0.15, -0.1) is 0 Å². The van der Waals surface area contributed by atoms with Gasteiger partial charge < -0.3 is 15.0 Å². The molecule has 0 aliphatic carbocycles. The largest absolute Gasteiger partial charge is 0.379 e. The number of amides is 1. The quantitative estimate of drug-likeness (QED) is 0.830. The average molecular weight is 405 g/mol. The fourth-order valence-electron chi connectivity index (χ4n) is 4.13. The van der Waals surface area contributed by atoms with Crippen molar-refractivity contribution < 1.29 is 9.53 Å². The van der Waals surface area contributed by atoms with Crippen LogP contribution in [0.3, 0.4) is 0 Å². The lowest BCUT2D eigenvalue weighted by molar-refractivity contribution is 0.0342. The number of benzene rings is 2. The molecule has 2 aromatic carbocycles. The van der Waals surface area contributed by atoms with Crippen molar-refractivity contribution in [2.24, 2.45) is 0 Å². The first kappa shape index (κ1) is 20.4. The molecule has 2 fully saturated rings. The molecule has 0 unspecified atom stereocenters. The lowest BCUT2D eigenvalue weighted by Gasteiger charge is -2.34. The summed E-state index contributed by atoms with van der Waals surface area (Å²) in [5, 5.41) is 12.2. The fraction of sp³-hybridized carbons (Fsp3) is 0.417. The van der Waals surface area contributed by atoms with Gasteiger partial charge in [-0.2, -0.15) is 5.26 Å². The van der Waals surface area contributed by atoms with Gasteiger partial charge in [0.25, 0.3) is 5.91 Å². The van der Waals surface area contributed by atoms with E-state index >= 15 is 0 Å². The summed E-state index contributed by atoms with van der Waals surface area (Å²) in [4.78, 5) is 17.5. The zero-order valence-corrected chi connectivity index (χ0v) is 17.2. The second-order valence-corrected chi connectivity index (χ2v) is 7.98. The van der Waals surface area contributed by atoms with E-state index in [1.807, 2.05) is 42.5 Å². The van der Waals surface area contributed by atoms with Gasteiger partial charge in [0.15, 0.2) is 0 Å². The predicted molar refractivity (Wildman–Crippen MR) is 116 cm³/mol. The summed E-state index contributed by atoms with van der Waals surface area (Å²) >= 11 is 0. The maximum absolute atomic E-state index is 12.8. The number of hydrogen-bond donors (Lipinski definition) is 1. The number of nitrogens with one attached hydrogen (secondary N) is 1. The van der Waals surface area contributed by atoms with Gasteiger partial charge in [-0.1, -0.05) is 12.1 Å². The third-order valence-corrected chi connectivity index (χ3v) is 5.89. The van der Waals surface area contributed by atoms with Gasteiger partial charge in [-0.3, -0.25) is 9.69 Å². The van der Waals surface area contributed by atoms with Gasteiger partial charge in [0.2, 0.25) is 0 Å². The highest BCUT2D eigenvalue weighted by atomic mass is 16.5. The Labute approximate surface area is 178 Å². The Morgan fingerprint density at radius 2 is 1.80 bits per heavy atom. The van der Waals surface area contributed by atoms with Gasteiger partial charge >= 0.3 is 0 Å². The minimum Gasteiger partial charge on any atom is -0.379 e. The van der Waals surface area contributed by atoms with Crippen LogP contribution in [-0.2, 0) is 11.3 Å². The number of carbonyl (C=O) groups is 1. The van der Waals surface area contributed by atoms with E-state index in [2.05, 4.69) is 27.3 Å². The number of rotatable bonds is 5. The Kier molecular flexibility index (Phi) is 6.63. The predicted octanol–water partition coefficient (Wildman–Crippen LogP) is 2.79. The third-order valence-electron chi connectivity index (χ3n) is 5.89. The van der Waals surface area contributed by atoms with Gasteiger partial charge in [0.1, 0.15) is 0 Å². The van der Waals surface area contributed by atoms with E-state index in [-0.39, 0.29) is 11.9 Å². The first-order chi connectivity index (χ1) is 14.7. The number of nitriles is 1. The number of anilines is 1. The molecule has 0 bridgehead atoms. The number of hydrogen-bond acceptors (Lipinski definition) is 5. The molecular formula is C24H28N4O2. The molecule has 1 N–H and O–H groups in total. The topological polar surface area (TPSA) is 68.6 Å². The van der Waals surface area contributed by atoms with Crippen molar-refractivity contribution in [3.63, 3.8) is 0 Å². The molecule has 2 saturated heterocycles. The Bertz CT molecular complexity index is 892. The molecule has 0 spiro atoms. The van der Waals surface area contributed by atoms with Gasteiger partial charge in [0.05, 0.1) is 24.8 Å². The highest BCUT2D eigenvalue weighted by Crippen LogP contribution is 2.21. The summed E-state index contributed by atoms with van der Waals surface area (Å²) in [6.45, 7) is 6.08. The van der Waals surface area contributed by atoms with E-state index in [1.165, 1.54) is 5.56 Å². The number of morpholine rings is 1. The summed E-state index contributed by atoms with van der Waals surface area (Å²) in [5.41, 5.74) is 3.71. The Morgan fingerprint density at radius 3 is 2.50 bits per heavy atom. The van der Waals surface area contributed by atoms with Crippen LogP contribution in [0.4, 0.5) is 5.69 Å². The lowest BCUT2D eigenvalue weighted by atomic mass is 10.0. The van der Waals surface area contributed by atoms with Crippen molar-refractivity contribution in [2.45, 2.75) is 25.4 Å². The summed E-state index contributed by atoms with van der Waals surface area (Å²) in [6, 6.07) is 18.0. The van der Waals surface area contributed by atoms with Crippen LogP contribution in [0.1, 0.15) is 34.3 Å². The molecule has 6 nitrogen and oxygen atoms in total. The Morgan fingerprint density at radius 1 is 1.07 bits per heavy atom. The fourth-order valence-corrected chi connectivity index (χ4v) is 4.13. The zero-order valence-electron chi connectivity index (χ0n) is 17.2. The van der Waals surface area contributed by atoms with E-state index in [9.17, 15) is 4.79 Å². The van der Waals surface area contributed by atoms with Crippen molar-refractivity contribution in [1.29, 1.82) is 5.26 Å². The van der Waals surface area contributed by atoms with Crippen LogP contribution in [0.25, 0.3) is 0 Å². The highest BCUT2D eigenvalue weighted by Gasteiger charge is 2.21. The SMILES string of the molecule is N#Cc1ccc(N2CCC(NC(=O)c3cccc(CN4CCOCC4)c3)CC2)cc1. The van der Waals surface area contributed by atoms with E-state index in [4.69, 9.17) is 10.00 Å². The molecule has 2 aliphatic rings. The third kappa shape index (κ3) is 5.18. The normalized spacial score (nSPS) is 18.0. The van der Waals surface area contributed by atoms with Crippen LogP contribution in [0.15, 0.2) is 48.5 Å². The van der Waals surface area contributed by atoms with Crippen LogP contribution < -0.4 is 10.2 Å². The Hall–Kier alpha value is -2.88. The Balaban J connectivity index is 1.29. The minimum absolute atomic E-state index is 0.00986. The second-order valence-electron chi connectivity index (χ2n) is 7.98. The minimum atomic E-state index is 0.00986. The molecule has 156 valence electrons. The van der Waals surface area contributed by atoms with Crippen molar-refractivity contribution in [3.8, 4) is 6.07 Å². The van der Waals surface area contributed by atoms with Crippen LogP contribution in [0.2, 0.25) is 0 Å². The molecule has 2 aromatic rings. The number of nitrogens with zero attached hydrogens (tertiary/aromatic N) is 3. The van der Waals surface area contributed by atoms with Crippen molar-refractivity contribution in [1.82, 2.24) is 10.2 Å². The van der Waals surface area contributed by atoms with Gasteiger partial charge in [0, 0.05) is 50.0 Å². The van der Waals surface area contributed by atoms with E-state index in [1.54, 1.807) is 0 Å². The smallest absolute Gasteiger partial charge is 0.251 e. The molecule has 0 aromatic heterocycles. The molecule has 2 aliphatic heterocycles. The molecule has 0 radical (unpaired) electrons. The van der Waals surface area contributed by atoms with Crippen molar-refractivity contribution in [3.05, 3.63) is 65.2 Å². The van der Waals surface area contributed by atoms with Crippen LogP contribution >= 0.6 is 0 Å². The summed E-state index contributed by atoms with van der Waals surface area (Å²) in [5.74, 6) is 0.00986. The maximum Gasteiger partial charge on any atom is 0.251 e. The monoisotopic (exact) mass is 404 g/mol. The first-order valence-corrected chi connectivity index (χ1v) is 10.7. The van der Waals surface area contributed by atoms with Gasteiger partial charge in [-0.25, -0.2) is 0 Å². The van der Waals surface area contributed by atoms with Crippen LogP contribution in [0, 0.1) is 11.3 Å². The van der Waals surface area contributed by atoms with E-state index < -0.39 is 0 Å². The standard InChI is InChI=1S/C24H28N4O2/c25-17-19-4-6-23(7-5-19)28-10-8-22(9-11-28)26-24(29)21-3-1-2-20(16-21)18-27-12-14-30-15-13-27/h1-7,16,22H,8-15,18H2,(H,26,29). The molecule has 30 heavy (non-hydrogen) atoms. The number of carbonyl (C=O) groups excluding carboxylic acids is 1. The first-order valence-electron chi connectivity index (χ1n) is 10.7. The van der Waals surface area contributed by atoms with Gasteiger partial charge in [-0.05, 0) is 54.8 Å². The molecule has 0 saturated carbocycles. The summed E-state index contributed by atoms with van der Waals surface area (Å²) in [7, 11) is 0. The van der Waals surface area contributed by atoms with Crippen LogP contribution in [-0.4, -0.2) is 56.2 Å². The molecule has 1 amide bonds. The lowest BCUT2D eigenvalue weighted by Crippen LogP contribution is -2.44. The van der Waals surface area contributed by atoms with Crippen molar-refractivity contribution in [2.75, 3.05) is 44.3 Å². The maximum atomic E-state index is 12.8. The summed E-state index contributed by atoms with van der Waals surface area (Å²) < 4.78 is 5.41. The second kappa shape index (κ2) is 9.75. The summed E-state index contributed by atoms with van der Waals surface area (Å²) in [6.07, 6.45) is 1.83. The average Bonchev–Trinajstić information content (AvgIpc) is 2.80. The van der Waals surface area contributed by atoms with Crippen molar-refractivity contribution >= 4 is 11.6 Å². The van der Waals surface area contributed by atoms with E-state index in [0.29, 0.717) is 5.56 Å². The van der Waals surface area contributed by atoms with Crippen LogP contribution in [0.5, 0.6) is 0 Å². The molecule has 6 heteroatoms. The number of ether oxygens (including phenoxy) is 1. The zero-order chi connectivity index (χ0) is 20.8. The molecule has 2 heterocycles. The van der Waals surface area contributed by atoms with E-state index in [0.717, 1.165) is 70.0 Å². The molecular weight excluding hydrogens is 376 g/mol. The molecule has 0 atom stereocenters. The number of piperidine rings is 1. The molecule has 4 rings (SSSR count).